The Morgan fingerprint density at radius 3 is 2.70 bits per heavy atom. The number of hydrogen-bond acceptors (Lipinski definition) is 3. The molecule has 0 spiro atoms. The van der Waals surface area contributed by atoms with Crippen LogP contribution in [0.15, 0.2) is 42.9 Å². The summed E-state index contributed by atoms with van der Waals surface area (Å²) in [5.74, 6) is 0. The van der Waals surface area contributed by atoms with Crippen molar-refractivity contribution in [3.63, 3.8) is 0 Å². The molecule has 0 N–H and O–H groups in total. The molecule has 0 radical (unpaired) electrons. The fraction of sp³-hybridized carbons (Fsp3) is 0.133. The van der Waals surface area contributed by atoms with E-state index in [9.17, 15) is 0 Å². The van der Waals surface area contributed by atoms with Crippen molar-refractivity contribution in [2.24, 2.45) is 0 Å². The fourth-order valence-electron chi connectivity index (χ4n) is 2.68. The zero-order chi connectivity index (χ0) is 13.7. The molecule has 0 unspecified atom stereocenters. The number of fused-ring (bicyclic) bond motifs is 3. The van der Waals surface area contributed by atoms with Gasteiger partial charge in [0.1, 0.15) is 11.2 Å². The zero-order valence-corrected chi connectivity index (χ0v) is 11.3. The highest BCUT2D eigenvalue weighted by atomic mass is 15.3. The third kappa shape index (κ3) is 1.40. The molecule has 0 atom stereocenters. The maximum absolute atomic E-state index is 4.59. The summed E-state index contributed by atoms with van der Waals surface area (Å²) < 4.78 is 4.00. The van der Waals surface area contributed by atoms with E-state index in [1.54, 1.807) is 12.4 Å². The molecule has 0 amide bonds. The van der Waals surface area contributed by atoms with Gasteiger partial charge < -0.3 is 0 Å². The minimum absolute atomic E-state index is 0.852. The first-order chi connectivity index (χ1) is 9.75. The molecule has 0 saturated carbocycles. The van der Waals surface area contributed by atoms with E-state index in [-0.39, 0.29) is 0 Å². The first kappa shape index (κ1) is 11.2. The summed E-state index contributed by atoms with van der Waals surface area (Å²) in [5.41, 5.74) is 5.84. The molecular weight excluding hydrogens is 250 g/mol. The van der Waals surface area contributed by atoms with Crippen LogP contribution in [0.25, 0.3) is 22.4 Å². The molecule has 5 heteroatoms. The zero-order valence-electron chi connectivity index (χ0n) is 11.3. The first-order valence-corrected chi connectivity index (χ1v) is 6.49. The van der Waals surface area contributed by atoms with Crippen LogP contribution >= 0.6 is 0 Å². The monoisotopic (exact) mass is 263 g/mol. The lowest BCUT2D eigenvalue weighted by Crippen LogP contribution is -1.99. The summed E-state index contributed by atoms with van der Waals surface area (Å²) in [7, 11) is 0. The second-order valence-corrected chi connectivity index (χ2v) is 4.87. The fourth-order valence-corrected chi connectivity index (χ4v) is 2.68. The molecule has 20 heavy (non-hydrogen) atoms. The minimum atomic E-state index is 0.852. The quantitative estimate of drug-likeness (QED) is 0.530. The summed E-state index contributed by atoms with van der Waals surface area (Å²) in [6.45, 7) is 4.05. The molecule has 0 aliphatic heterocycles. The molecule has 98 valence electrons. The summed E-state index contributed by atoms with van der Waals surface area (Å²) >= 11 is 0. The highest BCUT2D eigenvalue weighted by molar-refractivity contribution is 5.93. The summed E-state index contributed by atoms with van der Waals surface area (Å²) in [4.78, 5) is 8.95. The largest absolute Gasteiger partial charge is 0.298 e. The van der Waals surface area contributed by atoms with Crippen molar-refractivity contribution in [2.45, 2.75) is 13.8 Å². The standard InChI is InChI=1S/C15H13N5/c1-10-9-11(2)20(18-10)14-12-5-3-4-8-19(12)15-13(14)16-6-7-17-15/h3-9H,1-2H3. The van der Waals surface area contributed by atoms with Crippen molar-refractivity contribution in [1.82, 2.24) is 24.1 Å². The summed E-state index contributed by atoms with van der Waals surface area (Å²) in [6, 6.07) is 8.14. The Balaban J connectivity index is 2.23. The van der Waals surface area contributed by atoms with E-state index in [4.69, 9.17) is 0 Å². The molecule has 0 aliphatic carbocycles. The molecule has 4 heterocycles. The van der Waals surface area contributed by atoms with Crippen LogP contribution in [-0.4, -0.2) is 24.1 Å². The number of rotatable bonds is 1. The van der Waals surface area contributed by atoms with E-state index < -0.39 is 0 Å². The molecule has 0 aromatic carbocycles. The average Bonchev–Trinajstić information content (AvgIpc) is 2.96. The Labute approximate surface area is 115 Å². The smallest absolute Gasteiger partial charge is 0.165 e. The van der Waals surface area contributed by atoms with Gasteiger partial charge in [0.05, 0.1) is 11.2 Å². The van der Waals surface area contributed by atoms with Gasteiger partial charge in [0.15, 0.2) is 5.65 Å². The number of nitrogens with zero attached hydrogens (tertiary/aromatic N) is 5. The van der Waals surface area contributed by atoms with Crippen LogP contribution < -0.4 is 0 Å². The predicted octanol–water partition coefficient (Wildman–Crippen LogP) is 2.69. The van der Waals surface area contributed by atoms with Crippen LogP contribution in [0.4, 0.5) is 0 Å². The SMILES string of the molecule is Cc1cc(C)n(-c2c3nccnc3n3ccccc23)n1. The Morgan fingerprint density at radius 1 is 1.05 bits per heavy atom. The van der Waals surface area contributed by atoms with E-state index in [0.717, 1.165) is 33.8 Å². The van der Waals surface area contributed by atoms with Gasteiger partial charge in [-0.2, -0.15) is 5.10 Å². The van der Waals surface area contributed by atoms with Gasteiger partial charge in [-0.1, -0.05) is 6.07 Å². The first-order valence-electron chi connectivity index (χ1n) is 6.49. The molecule has 0 aliphatic rings. The highest BCUT2D eigenvalue weighted by Crippen LogP contribution is 2.27. The van der Waals surface area contributed by atoms with E-state index in [1.807, 2.05) is 34.3 Å². The van der Waals surface area contributed by atoms with Gasteiger partial charge in [-0.05, 0) is 32.0 Å². The molecular formula is C15H13N5. The average molecular weight is 263 g/mol. The summed E-state index contributed by atoms with van der Waals surface area (Å²) in [5, 5.41) is 4.59. The lowest BCUT2D eigenvalue weighted by molar-refractivity contribution is 0.842. The topological polar surface area (TPSA) is 48.0 Å². The van der Waals surface area contributed by atoms with E-state index in [0.29, 0.717) is 0 Å². The maximum Gasteiger partial charge on any atom is 0.165 e. The van der Waals surface area contributed by atoms with E-state index in [1.165, 1.54) is 0 Å². The van der Waals surface area contributed by atoms with Gasteiger partial charge in [0, 0.05) is 24.3 Å². The third-order valence-electron chi connectivity index (χ3n) is 3.46. The molecule has 0 fully saturated rings. The third-order valence-corrected chi connectivity index (χ3v) is 3.46. The predicted molar refractivity (Wildman–Crippen MR) is 77.1 cm³/mol. The van der Waals surface area contributed by atoms with Gasteiger partial charge in [-0.3, -0.25) is 4.40 Å². The van der Waals surface area contributed by atoms with Crippen molar-refractivity contribution >= 4 is 16.7 Å². The van der Waals surface area contributed by atoms with E-state index >= 15 is 0 Å². The molecule has 5 nitrogen and oxygen atoms in total. The lowest BCUT2D eigenvalue weighted by atomic mass is 10.3. The van der Waals surface area contributed by atoms with Gasteiger partial charge in [-0.25, -0.2) is 14.6 Å². The van der Waals surface area contributed by atoms with E-state index in [2.05, 4.69) is 34.1 Å². The van der Waals surface area contributed by atoms with Crippen molar-refractivity contribution < 1.29 is 0 Å². The number of aryl methyl sites for hydroxylation is 2. The Hall–Kier alpha value is -2.69. The number of pyridine rings is 1. The second kappa shape index (κ2) is 3.90. The van der Waals surface area contributed by atoms with Crippen LogP contribution in [0.3, 0.4) is 0 Å². The second-order valence-electron chi connectivity index (χ2n) is 4.87. The van der Waals surface area contributed by atoms with Crippen LogP contribution in [0.1, 0.15) is 11.4 Å². The van der Waals surface area contributed by atoms with Crippen LogP contribution in [0.5, 0.6) is 0 Å². The Morgan fingerprint density at radius 2 is 1.90 bits per heavy atom. The van der Waals surface area contributed by atoms with Crippen LogP contribution in [0.2, 0.25) is 0 Å². The Bertz CT molecular complexity index is 879. The Kier molecular flexibility index (Phi) is 2.18. The number of aromatic nitrogens is 5. The van der Waals surface area contributed by atoms with Gasteiger partial charge in [-0.15, -0.1) is 0 Å². The lowest BCUT2D eigenvalue weighted by Gasteiger charge is -2.03. The normalized spacial score (nSPS) is 11.5. The molecule has 0 saturated heterocycles. The molecule has 0 bridgehead atoms. The van der Waals surface area contributed by atoms with Gasteiger partial charge >= 0.3 is 0 Å². The highest BCUT2D eigenvalue weighted by Gasteiger charge is 2.17. The van der Waals surface area contributed by atoms with Crippen LogP contribution in [-0.2, 0) is 0 Å². The maximum atomic E-state index is 4.59. The van der Waals surface area contributed by atoms with Crippen LogP contribution in [0, 0.1) is 13.8 Å². The van der Waals surface area contributed by atoms with Crippen molar-refractivity contribution in [3.8, 4) is 5.69 Å². The van der Waals surface area contributed by atoms with Crippen molar-refractivity contribution in [1.29, 1.82) is 0 Å². The van der Waals surface area contributed by atoms with Gasteiger partial charge in [0.25, 0.3) is 0 Å². The molecule has 4 rings (SSSR count). The van der Waals surface area contributed by atoms with Crippen molar-refractivity contribution in [3.05, 3.63) is 54.2 Å². The minimum Gasteiger partial charge on any atom is -0.298 e. The van der Waals surface area contributed by atoms with Crippen molar-refractivity contribution in [2.75, 3.05) is 0 Å². The molecule has 4 aromatic rings. The summed E-state index contributed by atoms with van der Waals surface area (Å²) in [6.07, 6.45) is 5.44. The van der Waals surface area contributed by atoms with Gasteiger partial charge in [0.2, 0.25) is 0 Å². The molecule has 4 aromatic heterocycles. The number of hydrogen-bond donors (Lipinski definition) is 0.